The third kappa shape index (κ3) is 4.30. The number of aromatic nitrogens is 3. The first kappa shape index (κ1) is 22.1. The predicted molar refractivity (Wildman–Crippen MR) is 115 cm³/mol. The summed E-state index contributed by atoms with van der Waals surface area (Å²) in [6.07, 6.45) is 4.37. The Kier molecular flexibility index (Phi) is 6.70. The molecule has 0 aromatic carbocycles. The van der Waals surface area contributed by atoms with Gasteiger partial charge in [0.1, 0.15) is 9.88 Å². The molecule has 0 aliphatic heterocycles. The van der Waals surface area contributed by atoms with Crippen molar-refractivity contribution >= 4 is 23.2 Å². The Morgan fingerprint density at radius 2 is 1.83 bits per heavy atom. The quantitative estimate of drug-likeness (QED) is 0.589. The maximum atomic E-state index is 13.1. The number of carbonyl (C=O) groups is 2. The molecule has 2 heterocycles. The van der Waals surface area contributed by atoms with Crippen LogP contribution in [-0.4, -0.2) is 39.8 Å². The normalized spacial score (nSPS) is 19.2. The molecule has 0 saturated heterocycles. The summed E-state index contributed by atoms with van der Waals surface area (Å²) in [5.74, 6) is -0.890. The highest BCUT2D eigenvalue weighted by atomic mass is 32.1. The van der Waals surface area contributed by atoms with E-state index in [0.717, 1.165) is 36.9 Å². The zero-order valence-corrected chi connectivity index (χ0v) is 18.9. The van der Waals surface area contributed by atoms with Crippen LogP contribution in [-0.2, 0) is 16.6 Å². The maximum Gasteiger partial charge on any atom is 0.310 e. The molecule has 1 saturated carbocycles. The van der Waals surface area contributed by atoms with Crippen molar-refractivity contribution in [1.29, 1.82) is 0 Å². The minimum absolute atomic E-state index is 0.242. The van der Waals surface area contributed by atoms with Crippen LogP contribution in [0.3, 0.4) is 0 Å². The van der Waals surface area contributed by atoms with E-state index < -0.39 is 0 Å². The third-order valence-electron chi connectivity index (χ3n) is 5.78. The highest BCUT2D eigenvalue weighted by molar-refractivity contribution is 7.17. The number of hydrogen-bond acceptors (Lipinski definition) is 7. The fourth-order valence-corrected chi connectivity index (χ4v) is 5.03. The molecular formula is C21H28N4O4S. The lowest BCUT2D eigenvalue weighted by Gasteiger charge is -2.23. The second-order valence-electron chi connectivity index (χ2n) is 7.80. The number of esters is 1. The van der Waals surface area contributed by atoms with E-state index in [2.05, 4.69) is 15.4 Å². The number of thiazole rings is 1. The molecule has 1 fully saturated rings. The molecule has 1 aliphatic carbocycles. The fourth-order valence-electron chi connectivity index (χ4n) is 3.96. The molecule has 0 radical (unpaired) electrons. The van der Waals surface area contributed by atoms with Gasteiger partial charge in [0.25, 0.3) is 11.5 Å². The zero-order chi connectivity index (χ0) is 22.0. The summed E-state index contributed by atoms with van der Waals surface area (Å²) in [5.41, 5.74) is 2.29. The van der Waals surface area contributed by atoms with Gasteiger partial charge in [-0.25, -0.2) is 9.67 Å². The minimum atomic E-state index is -0.341. The van der Waals surface area contributed by atoms with E-state index in [9.17, 15) is 14.4 Å². The second-order valence-corrected chi connectivity index (χ2v) is 8.79. The number of methoxy groups -OCH3 is 1. The first-order valence-corrected chi connectivity index (χ1v) is 11.0. The van der Waals surface area contributed by atoms with E-state index in [1.165, 1.54) is 23.1 Å². The Hall–Kier alpha value is -2.55. The number of carbonyl (C=O) groups excluding carboxylic acids is 2. The number of ether oxygens (including phenoxy) is 1. The van der Waals surface area contributed by atoms with Crippen molar-refractivity contribution in [2.75, 3.05) is 7.11 Å². The lowest BCUT2D eigenvalue weighted by molar-refractivity contribution is -0.146. The highest BCUT2D eigenvalue weighted by Crippen LogP contribution is 2.30. The van der Waals surface area contributed by atoms with E-state index in [1.807, 2.05) is 13.8 Å². The molecule has 9 heteroatoms. The SMILES string of the molecule is COC(=O)[C@H]1CCCCC[C@@H]1NC(=O)c1sc(-c2c(C)c(C)nn(C)c2=O)nc1C. The van der Waals surface area contributed by atoms with E-state index in [0.29, 0.717) is 27.6 Å². The Bertz CT molecular complexity index is 1030. The van der Waals surface area contributed by atoms with Crippen LogP contribution in [0.25, 0.3) is 10.6 Å². The monoisotopic (exact) mass is 432 g/mol. The van der Waals surface area contributed by atoms with Crippen molar-refractivity contribution in [3.63, 3.8) is 0 Å². The number of nitrogens with one attached hydrogen (secondary N) is 1. The maximum absolute atomic E-state index is 13.1. The molecule has 1 amide bonds. The van der Waals surface area contributed by atoms with Gasteiger partial charge >= 0.3 is 5.97 Å². The molecule has 1 N–H and O–H groups in total. The number of aryl methyl sites for hydroxylation is 3. The van der Waals surface area contributed by atoms with Crippen LogP contribution >= 0.6 is 11.3 Å². The van der Waals surface area contributed by atoms with Gasteiger partial charge in [-0.2, -0.15) is 5.10 Å². The number of hydrogen-bond donors (Lipinski definition) is 1. The zero-order valence-electron chi connectivity index (χ0n) is 18.1. The van der Waals surface area contributed by atoms with Gasteiger partial charge in [-0.3, -0.25) is 14.4 Å². The van der Waals surface area contributed by atoms with Crippen LogP contribution < -0.4 is 10.9 Å². The number of rotatable bonds is 4. The van der Waals surface area contributed by atoms with Gasteiger partial charge in [0, 0.05) is 13.1 Å². The van der Waals surface area contributed by atoms with Gasteiger partial charge in [-0.15, -0.1) is 11.3 Å². The molecule has 0 spiro atoms. The van der Waals surface area contributed by atoms with Gasteiger partial charge in [0.05, 0.1) is 30.0 Å². The summed E-state index contributed by atoms with van der Waals surface area (Å²) >= 11 is 1.20. The second kappa shape index (κ2) is 9.07. The molecule has 3 rings (SSSR count). The average molecular weight is 433 g/mol. The largest absolute Gasteiger partial charge is 0.469 e. The Balaban J connectivity index is 1.91. The standard InChI is InChI=1S/C21H28N4O4S/c1-11-12(2)24-25(4)20(27)16(11)19-22-13(3)17(30-19)18(26)23-15-10-8-6-7-9-14(15)21(28)29-5/h14-15H,6-10H2,1-5H3,(H,23,26)/t14-,15-/m0/s1. The molecule has 2 aromatic heterocycles. The third-order valence-corrected chi connectivity index (χ3v) is 6.95. The lowest BCUT2D eigenvalue weighted by atomic mass is 9.94. The number of nitrogens with zero attached hydrogens (tertiary/aromatic N) is 3. The molecule has 162 valence electrons. The van der Waals surface area contributed by atoms with Crippen LogP contribution in [0, 0.1) is 26.7 Å². The predicted octanol–water partition coefficient (Wildman–Crippen LogP) is 2.68. The molecule has 1 aliphatic rings. The van der Waals surface area contributed by atoms with Gasteiger partial charge in [-0.1, -0.05) is 19.3 Å². The first-order valence-electron chi connectivity index (χ1n) is 10.2. The van der Waals surface area contributed by atoms with E-state index in [4.69, 9.17) is 4.74 Å². The van der Waals surface area contributed by atoms with Crippen molar-refractivity contribution in [2.45, 2.75) is 58.9 Å². The summed E-state index contributed by atoms with van der Waals surface area (Å²) in [6.45, 7) is 5.43. The Morgan fingerprint density at radius 1 is 1.13 bits per heavy atom. The molecule has 0 unspecified atom stereocenters. The van der Waals surface area contributed by atoms with Gasteiger partial charge in [0.15, 0.2) is 0 Å². The molecule has 0 bridgehead atoms. The summed E-state index contributed by atoms with van der Waals surface area (Å²) in [7, 11) is 2.98. The van der Waals surface area contributed by atoms with Gasteiger partial charge in [0.2, 0.25) is 0 Å². The van der Waals surface area contributed by atoms with Crippen molar-refractivity contribution < 1.29 is 14.3 Å². The van der Waals surface area contributed by atoms with E-state index in [1.54, 1.807) is 14.0 Å². The van der Waals surface area contributed by atoms with E-state index >= 15 is 0 Å². The molecular weight excluding hydrogens is 404 g/mol. The van der Waals surface area contributed by atoms with Gasteiger partial charge < -0.3 is 10.1 Å². The molecule has 2 aromatic rings. The van der Waals surface area contributed by atoms with Crippen molar-refractivity contribution in [3.05, 3.63) is 32.2 Å². The summed E-state index contributed by atoms with van der Waals surface area (Å²) < 4.78 is 6.25. The summed E-state index contributed by atoms with van der Waals surface area (Å²) in [6, 6.07) is -0.268. The average Bonchev–Trinajstić information content (AvgIpc) is 2.94. The Labute approximate surface area is 179 Å². The molecule has 2 atom stereocenters. The van der Waals surface area contributed by atoms with Crippen LogP contribution in [0.15, 0.2) is 4.79 Å². The van der Waals surface area contributed by atoms with Crippen molar-refractivity contribution in [3.8, 4) is 10.6 Å². The first-order chi connectivity index (χ1) is 14.2. The van der Waals surface area contributed by atoms with Crippen LogP contribution in [0.1, 0.15) is 58.7 Å². The van der Waals surface area contributed by atoms with Crippen LogP contribution in [0.4, 0.5) is 0 Å². The fraction of sp³-hybridized carbons (Fsp3) is 0.571. The van der Waals surface area contributed by atoms with Gasteiger partial charge in [-0.05, 0) is 39.2 Å². The lowest BCUT2D eigenvalue weighted by Crippen LogP contribution is -2.43. The smallest absolute Gasteiger partial charge is 0.310 e. The number of amides is 1. The van der Waals surface area contributed by atoms with Crippen molar-refractivity contribution in [1.82, 2.24) is 20.1 Å². The Morgan fingerprint density at radius 3 is 2.53 bits per heavy atom. The molecule has 30 heavy (non-hydrogen) atoms. The van der Waals surface area contributed by atoms with Crippen LogP contribution in [0.2, 0.25) is 0 Å². The highest BCUT2D eigenvalue weighted by Gasteiger charge is 2.32. The van der Waals surface area contributed by atoms with Crippen molar-refractivity contribution in [2.24, 2.45) is 13.0 Å². The van der Waals surface area contributed by atoms with Crippen LogP contribution in [0.5, 0.6) is 0 Å². The summed E-state index contributed by atoms with van der Waals surface area (Å²) in [5, 5.41) is 7.74. The topological polar surface area (TPSA) is 103 Å². The minimum Gasteiger partial charge on any atom is -0.469 e. The summed E-state index contributed by atoms with van der Waals surface area (Å²) in [4.78, 5) is 42.9. The molecule has 8 nitrogen and oxygen atoms in total. The van der Waals surface area contributed by atoms with E-state index in [-0.39, 0.29) is 29.4 Å².